The maximum absolute atomic E-state index is 12.3. The first kappa shape index (κ1) is 23.6. The third-order valence-corrected chi connectivity index (χ3v) is 6.53. The molecule has 0 aliphatic carbocycles. The standard InChI is InChI=1S/C27H30N6O3/c1-32-12-14-33(15-13-32)19-9-8-18(23(17-19)35-2)16-24-29-22-10-11-28-25(22)26(31-24)30-21-7-5-4-6-20(21)27(34)36-3/h4-11,17,28H,12-16H2,1-3H3,(H,29,30,31). The quantitative estimate of drug-likeness (QED) is 0.381. The summed E-state index contributed by atoms with van der Waals surface area (Å²) >= 11 is 0. The number of rotatable bonds is 7. The third kappa shape index (κ3) is 4.83. The van der Waals surface area contributed by atoms with Gasteiger partial charge in [0, 0.05) is 56.1 Å². The summed E-state index contributed by atoms with van der Waals surface area (Å²) in [4.78, 5) is 29.7. The first-order valence-corrected chi connectivity index (χ1v) is 11.9. The van der Waals surface area contributed by atoms with E-state index < -0.39 is 5.97 Å². The number of anilines is 3. The fraction of sp³-hybridized carbons (Fsp3) is 0.296. The molecule has 2 N–H and O–H groups in total. The first-order chi connectivity index (χ1) is 17.6. The molecule has 1 aliphatic rings. The highest BCUT2D eigenvalue weighted by molar-refractivity contribution is 5.98. The number of likely N-dealkylation sites (N-methyl/N-ethyl adjacent to an activating group) is 1. The molecule has 0 saturated carbocycles. The van der Waals surface area contributed by atoms with Gasteiger partial charge >= 0.3 is 5.97 Å². The van der Waals surface area contributed by atoms with Gasteiger partial charge in [-0.2, -0.15) is 0 Å². The summed E-state index contributed by atoms with van der Waals surface area (Å²) in [5.74, 6) is 1.63. The van der Waals surface area contributed by atoms with E-state index >= 15 is 0 Å². The van der Waals surface area contributed by atoms with Gasteiger partial charge in [0.25, 0.3) is 0 Å². The highest BCUT2D eigenvalue weighted by Gasteiger charge is 2.18. The second kappa shape index (κ2) is 10.2. The summed E-state index contributed by atoms with van der Waals surface area (Å²) in [5, 5.41) is 3.30. The van der Waals surface area contributed by atoms with Crippen LogP contribution in [-0.4, -0.2) is 73.3 Å². The zero-order valence-corrected chi connectivity index (χ0v) is 20.7. The van der Waals surface area contributed by atoms with E-state index in [9.17, 15) is 4.79 Å². The van der Waals surface area contributed by atoms with E-state index in [0.717, 1.165) is 54.2 Å². The van der Waals surface area contributed by atoms with Crippen LogP contribution in [-0.2, 0) is 11.2 Å². The van der Waals surface area contributed by atoms with Crippen molar-refractivity contribution >= 4 is 34.2 Å². The number of esters is 1. The Morgan fingerprint density at radius 3 is 2.64 bits per heavy atom. The molecule has 2 aromatic heterocycles. The summed E-state index contributed by atoms with van der Waals surface area (Å²) in [6, 6.07) is 15.4. The monoisotopic (exact) mass is 486 g/mol. The molecule has 36 heavy (non-hydrogen) atoms. The molecule has 1 aliphatic heterocycles. The van der Waals surface area contributed by atoms with E-state index in [1.165, 1.54) is 7.11 Å². The van der Waals surface area contributed by atoms with Crippen LogP contribution in [0.15, 0.2) is 54.7 Å². The van der Waals surface area contributed by atoms with Crippen molar-refractivity contribution in [2.75, 3.05) is 57.7 Å². The number of hydrogen-bond donors (Lipinski definition) is 2. The Kier molecular flexibility index (Phi) is 6.73. The van der Waals surface area contributed by atoms with E-state index in [1.807, 2.05) is 24.4 Å². The summed E-state index contributed by atoms with van der Waals surface area (Å²) < 4.78 is 10.7. The predicted octanol–water partition coefficient (Wildman–Crippen LogP) is 3.84. The van der Waals surface area contributed by atoms with Crippen LogP contribution in [0.25, 0.3) is 11.0 Å². The molecule has 0 unspecified atom stereocenters. The Hall–Kier alpha value is -4.11. The third-order valence-electron chi connectivity index (χ3n) is 6.53. The number of hydrogen-bond acceptors (Lipinski definition) is 8. The molecule has 9 nitrogen and oxygen atoms in total. The van der Waals surface area contributed by atoms with Gasteiger partial charge in [-0.1, -0.05) is 18.2 Å². The number of nitrogens with one attached hydrogen (secondary N) is 2. The number of benzene rings is 2. The van der Waals surface area contributed by atoms with E-state index in [0.29, 0.717) is 29.3 Å². The molecule has 1 saturated heterocycles. The summed E-state index contributed by atoms with van der Waals surface area (Å²) in [5.41, 5.74) is 4.75. The second-order valence-electron chi connectivity index (χ2n) is 8.85. The molecular weight excluding hydrogens is 456 g/mol. The lowest BCUT2D eigenvalue weighted by atomic mass is 10.1. The largest absolute Gasteiger partial charge is 0.496 e. The van der Waals surface area contributed by atoms with Crippen LogP contribution < -0.4 is 15.0 Å². The number of para-hydroxylation sites is 1. The van der Waals surface area contributed by atoms with Gasteiger partial charge < -0.3 is 29.6 Å². The van der Waals surface area contributed by atoms with Gasteiger partial charge in [-0.3, -0.25) is 0 Å². The number of H-pyrrole nitrogens is 1. The molecule has 1 fully saturated rings. The minimum atomic E-state index is -0.416. The highest BCUT2D eigenvalue weighted by Crippen LogP contribution is 2.30. The van der Waals surface area contributed by atoms with Crippen LogP contribution >= 0.6 is 0 Å². The number of nitrogens with zero attached hydrogens (tertiary/aromatic N) is 4. The molecule has 186 valence electrons. The summed E-state index contributed by atoms with van der Waals surface area (Å²) in [6.45, 7) is 4.08. The molecular formula is C27H30N6O3. The topological polar surface area (TPSA) is 95.6 Å². The fourth-order valence-corrected chi connectivity index (χ4v) is 4.48. The molecule has 0 radical (unpaired) electrons. The SMILES string of the molecule is COC(=O)c1ccccc1Nc1nc(Cc2ccc(N3CCN(C)CC3)cc2OC)nc2cc[nH]c12. The van der Waals surface area contributed by atoms with Gasteiger partial charge in [0.2, 0.25) is 0 Å². The molecule has 0 atom stereocenters. The van der Waals surface area contributed by atoms with Crippen molar-refractivity contribution in [3.8, 4) is 5.75 Å². The van der Waals surface area contributed by atoms with E-state index in [-0.39, 0.29) is 0 Å². The summed E-state index contributed by atoms with van der Waals surface area (Å²) in [6.07, 6.45) is 2.33. The van der Waals surface area contributed by atoms with Crippen molar-refractivity contribution in [2.24, 2.45) is 0 Å². The molecule has 5 rings (SSSR count). The van der Waals surface area contributed by atoms with Crippen molar-refractivity contribution in [2.45, 2.75) is 6.42 Å². The Morgan fingerprint density at radius 1 is 1.06 bits per heavy atom. The van der Waals surface area contributed by atoms with Crippen LogP contribution in [0.4, 0.5) is 17.2 Å². The Labute approximate surface area is 210 Å². The van der Waals surface area contributed by atoms with Crippen LogP contribution in [0.1, 0.15) is 21.7 Å². The van der Waals surface area contributed by atoms with Crippen LogP contribution in [0.3, 0.4) is 0 Å². The zero-order valence-electron chi connectivity index (χ0n) is 20.7. The summed E-state index contributed by atoms with van der Waals surface area (Å²) in [7, 11) is 5.21. The predicted molar refractivity (Wildman–Crippen MR) is 140 cm³/mol. The van der Waals surface area contributed by atoms with Crippen LogP contribution in [0.2, 0.25) is 0 Å². The molecule has 0 amide bonds. The number of piperazine rings is 1. The number of aromatic amines is 1. The lowest BCUT2D eigenvalue weighted by Gasteiger charge is -2.34. The maximum atomic E-state index is 12.3. The number of methoxy groups -OCH3 is 2. The number of fused-ring (bicyclic) bond motifs is 1. The zero-order chi connectivity index (χ0) is 25.1. The number of aromatic nitrogens is 3. The first-order valence-electron chi connectivity index (χ1n) is 11.9. The number of carbonyl (C=O) groups is 1. The van der Waals surface area contributed by atoms with Gasteiger partial charge in [0.15, 0.2) is 5.82 Å². The van der Waals surface area contributed by atoms with Gasteiger partial charge in [0.05, 0.1) is 31.0 Å². The molecule has 0 bridgehead atoms. The minimum Gasteiger partial charge on any atom is -0.496 e. The van der Waals surface area contributed by atoms with Crippen LogP contribution in [0.5, 0.6) is 5.75 Å². The maximum Gasteiger partial charge on any atom is 0.339 e. The molecule has 2 aromatic carbocycles. The number of ether oxygens (including phenoxy) is 2. The van der Waals surface area contributed by atoms with Gasteiger partial charge in [-0.05, 0) is 31.3 Å². The van der Waals surface area contributed by atoms with Crippen molar-refractivity contribution in [3.05, 3.63) is 71.7 Å². The average Bonchev–Trinajstić information content (AvgIpc) is 3.38. The van der Waals surface area contributed by atoms with E-state index in [4.69, 9.17) is 19.4 Å². The van der Waals surface area contributed by atoms with Crippen molar-refractivity contribution < 1.29 is 14.3 Å². The average molecular weight is 487 g/mol. The lowest BCUT2D eigenvalue weighted by molar-refractivity contribution is 0.0602. The van der Waals surface area contributed by atoms with Crippen molar-refractivity contribution in [3.63, 3.8) is 0 Å². The Bertz CT molecular complexity index is 1380. The lowest BCUT2D eigenvalue weighted by Crippen LogP contribution is -2.44. The smallest absolute Gasteiger partial charge is 0.339 e. The minimum absolute atomic E-state index is 0.416. The van der Waals surface area contributed by atoms with Crippen molar-refractivity contribution in [1.82, 2.24) is 19.9 Å². The van der Waals surface area contributed by atoms with Gasteiger partial charge in [-0.25, -0.2) is 14.8 Å². The molecule has 9 heteroatoms. The number of carbonyl (C=O) groups excluding carboxylic acids is 1. The Morgan fingerprint density at radius 2 is 1.86 bits per heavy atom. The van der Waals surface area contributed by atoms with Crippen LogP contribution in [0, 0.1) is 0 Å². The Balaban J connectivity index is 1.44. The molecule has 4 aromatic rings. The second-order valence-corrected chi connectivity index (χ2v) is 8.85. The highest BCUT2D eigenvalue weighted by atomic mass is 16.5. The normalized spacial score (nSPS) is 14.1. The van der Waals surface area contributed by atoms with Gasteiger partial charge in [0.1, 0.15) is 17.1 Å². The van der Waals surface area contributed by atoms with Gasteiger partial charge in [-0.15, -0.1) is 0 Å². The fourth-order valence-electron chi connectivity index (χ4n) is 4.48. The molecule has 0 spiro atoms. The molecule has 3 heterocycles. The van der Waals surface area contributed by atoms with Crippen molar-refractivity contribution in [1.29, 1.82) is 0 Å². The van der Waals surface area contributed by atoms with E-state index in [2.05, 4.69) is 45.3 Å². The van der Waals surface area contributed by atoms with E-state index in [1.54, 1.807) is 19.2 Å².